The molecule has 0 aromatic carbocycles. The van der Waals surface area contributed by atoms with Crippen molar-refractivity contribution in [3.8, 4) is 0 Å². The van der Waals surface area contributed by atoms with Gasteiger partial charge >= 0.3 is 0 Å². The number of likely N-dealkylation sites (tertiary alicyclic amines) is 3. The zero-order chi connectivity index (χ0) is 13.8. The molecule has 0 unspecified atom stereocenters. The summed E-state index contributed by atoms with van der Waals surface area (Å²) in [7, 11) is -2.09. The maximum atomic E-state index is 13.6. The third-order valence-electron chi connectivity index (χ3n) is 4.97. The summed E-state index contributed by atoms with van der Waals surface area (Å²) in [5, 5.41) is 0. The van der Waals surface area contributed by atoms with Gasteiger partial charge in [-0.05, 0) is 77.8 Å². The van der Waals surface area contributed by atoms with E-state index in [0.29, 0.717) is 0 Å². The fraction of sp³-hybridized carbons (Fsp3) is 1.00. The van der Waals surface area contributed by atoms with Crippen LogP contribution in [0.5, 0.6) is 0 Å². The van der Waals surface area contributed by atoms with Crippen molar-refractivity contribution in [2.45, 2.75) is 38.5 Å². The van der Waals surface area contributed by atoms with Crippen molar-refractivity contribution < 1.29 is 4.57 Å². The first-order valence-electron chi connectivity index (χ1n) is 8.48. The first-order valence-corrected chi connectivity index (χ1v) is 10.7. The Labute approximate surface area is 123 Å². The second-order valence-corrected chi connectivity index (χ2v) is 9.92. The summed E-state index contributed by atoms with van der Waals surface area (Å²) in [5.41, 5.74) is 0. The molecule has 3 aliphatic rings. The van der Waals surface area contributed by atoms with E-state index in [0.717, 1.165) is 18.9 Å². The molecule has 3 heterocycles. The van der Waals surface area contributed by atoms with E-state index in [4.69, 9.17) is 0 Å². The molecule has 116 valence electrons. The number of rotatable bonds is 6. The second kappa shape index (κ2) is 6.91. The highest BCUT2D eigenvalue weighted by molar-refractivity contribution is 7.63. The van der Waals surface area contributed by atoms with Crippen LogP contribution in [0.4, 0.5) is 0 Å². The van der Waals surface area contributed by atoms with Crippen LogP contribution in [0.25, 0.3) is 0 Å². The lowest BCUT2D eigenvalue weighted by molar-refractivity contribution is 0.340. The smallest absolute Gasteiger partial charge is 0.127 e. The van der Waals surface area contributed by atoms with E-state index in [1.807, 2.05) is 0 Å². The van der Waals surface area contributed by atoms with Gasteiger partial charge in [-0.15, -0.1) is 0 Å². The van der Waals surface area contributed by atoms with Gasteiger partial charge in [-0.1, -0.05) is 0 Å². The lowest BCUT2D eigenvalue weighted by Crippen LogP contribution is -2.32. The van der Waals surface area contributed by atoms with Gasteiger partial charge in [0.25, 0.3) is 0 Å². The summed E-state index contributed by atoms with van der Waals surface area (Å²) in [5.74, 6) is 0. The molecule has 0 amide bonds. The van der Waals surface area contributed by atoms with Crippen molar-refractivity contribution >= 4 is 7.14 Å². The molecule has 0 aliphatic carbocycles. The molecular formula is C15H30N3OP. The van der Waals surface area contributed by atoms with E-state index in [9.17, 15) is 4.57 Å². The van der Waals surface area contributed by atoms with Crippen LogP contribution < -0.4 is 0 Å². The Balaban J connectivity index is 1.61. The molecule has 0 bridgehead atoms. The Morgan fingerprint density at radius 3 is 1.05 bits per heavy atom. The Hall–Kier alpha value is 0.110. The maximum absolute atomic E-state index is 13.6. The number of hydrogen-bond acceptors (Lipinski definition) is 4. The van der Waals surface area contributed by atoms with Gasteiger partial charge in [0.15, 0.2) is 0 Å². The fourth-order valence-corrected chi connectivity index (χ4v) is 7.30. The summed E-state index contributed by atoms with van der Waals surface area (Å²) < 4.78 is 13.6. The Bertz CT molecular complexity index is 293. The van der Waals surface area contributed by atoms with Crippen LogP contribution in [0.3, 0.4) is 0 Å². The average molecular weight is 299 g/mol. The van der Waals surface area contributed by atoms with Gasteiger partial charge < -0.3 is 4.57 Å². The largest absolute Gasteiger partial charge is 0.320 e. The predicted octanol–water partition coefficient (Wildman–Crippen LogP) is 2.51. The summed E-state index contributed by atoms with van der Waals surface area (Å²) >= 11 is 0. The van der Waals surface area contributed by atoms with Crippen molar-refractivity contribution in [3.63, 3.8) is 0 Å². The van der Waals surface area contributed by atoms with Crippen LogP contribution in [0, 0.1) is 0 Å². The Morgan fingerprint density at radius 1 is 0.550 bits per heavy atom. The molecule has 0 radical (unpaired) electrons. The molecule has 0 saturated carbocycles. The summed E-state index contributed by atoms with van der Waals surface area (Å²) in [4.78, 5) is 7.40. The highest BCUT2D eigenvalue weighted by Gasteiger charge is 2.32. The third-order valence-corrected chi connectivity index (χ3v) is 7.72. The molecule has 3 fully saturated rings. The van der Waals surface area contributed by atoms with Gasteiger partial charge in [-0.3, -0.25) is 14.7 Å². The molecule has 4 nitrogen and oxygen atoms in total. The molecule has 0 N–H and O–H groups in total. The normalized spacial score (nSPS) is 26.8. The van der Waals surface area contributed by atoms with E-state index in [2.05, 4.69) is 14.7 Å². The van der Waals surface area contributed by atoms with E-state index in [1.165, 1.54) is 77.8 Å². The standard InChI is InChI=1S/C15H30N3OP/c19-20(13-16-7-1-2-8-16,14-17-9-3-4-10-17)15-18-11-5-6-12-18/h1-15H2. The van der Waals surface area contributed by atoms with Crippen LogP contribution in [0.2, 0.25) is 0 Å². The van der Waals surface area contributed by atoms with Crippen LogP contribution in [0.15, 0.2) is 0 Å². The summed E-state index contributed by atoms with van der Waals surface area (Å²) in [6.07, 6.45) is 10.4. The Kier molecular flexibility index (Phi) is 5.19. The molecule has 0 aromatic rings. The topological polar surface area (TPSA) is 26.8 Å². The van der Waals surface area contributed by atoms with Crippen molar-refractivity contribution in [1.82, 2.24) is 14.7 Å². The molecule has 3 rings (SSSR count). The van der Waals surface area contributed by atoms with Crippen molar-refractivity contribution in [2.24, 2.45) is 0 Å². The van der Waals surface area contributed by atoms with Crippen molar-refractivity contribution in [1.29, 1.82) is 0 Å². The molecule has 0 aromatic heterocycles. The van der Waals surface area contributed by atoms with E-state index < -0.39 is 7.14 Å². The Morgan fingerprint density at radius 2 is 0.800 bits per heavy atom. The minimum absolute atomic E-state index is 0.875. The molecule has 5 heteroatoms. The summed E-state index contributed by atoms with van der Waals surface area (Å²) in [6.45, 7) is 7.02. The summed E-state index contributed by atoms with van der Waals surface area (Å²) in [6, 6.07) is 0. The second-order valence-electron chi connectivity index (χ2n) is 6.96. The van der Waals surface area contributed by atoms with Crippen molar-refractivity contribution in [3.05, 3.63) is 0 Å². The zero-order valence-corrected chi connectivity index (χ0v) is 13.7. The minimum atomic E-state index is -2.09. The molecule has 0 spiro atoms. The average Bonchev–Trinajstić information content (AvgIpc) is 3.11. The lowest BCUT2D eigenvalue weighted by atomic mass is 10.4. The maximum Gasteiger partial charge on any atom is 0.127 e. The van der Waals surface area contributed by atoms with Gasteiger partial charge in [0.2, 0.25) is 0 Å². The highest BCUT2D eigenvalue weighted by atomic mass is 31.2. The van der Waals surface area contributed by atoms with Crippen LogP contribution in [-0.4, -0.2) is 72.8 Å². The third kappa shape index (κ3) is 4.07. The van der Waals surface area contributed by atoms with Crippen LogP contribution in [0.1, 0.15) is 38.5 Å². The monoisotopic (exact) mass is 299 g/mol. The number of hydrogen-bond donors (Lipinski definition) is 0. The van der Waals surface area contributed by atoms with Gasteiger partial charge in [0.05, 0.1) is 18.9 Å². The van der Waals surface area contributed by atoms with Crippen LogP contribution in [-0.2, 0) is 4.57 Å². The molecular weight excluding hydrogens is 269 g/mol. The van der Waals surface area contributed by atoms with Crippen molar-refractivity contribution in [2.75, 3.05) is 58.1 Å². The molecule has 3 saturated heterocycles. The zero-order valence-electron chi connectivity index (χ0n) is 12.8. The first-order chi connectivity index (χ1) is 9.73. The minimum Gasteiger partial charge on any atom is -0.320 e. The van der Waals surface area contributed by atoms with E-state index in [1.54, 1.807) is 0 Å². The van der Waals surface area contributed by atoms with E-state index >= 15 is 0 Å². The van der Waals surface area contributed by atoms with Gasteiger partial charge in [-0.2, -0.15) is 0 Å². The van der Waals surface area contributed by atoms with Crippen LogP contribution >= 0.6 is 7.14 Å². The predicted molar refractivity (Wildman–Crippen MR) is 84.6 cm³/mol. The lowest BCUT2D eigenvalue weighted by Gasteiger charge is -2.31. The SMILES string of the molecule is O=P(CN1CCCC1)(CN1CCCC1)CN1CCCC1. The number of nitrogens with zero attached hydrogens (tertiary/aromatic N) is 3. The van der Waals surface area contributed by atoms with Gasteiger partial charge in [0.1, 0.15) is 7.14 Å². The molecule has 20 heavy (non-hydrogen) atoms. The van der Waals surface area contributed by atoms with Gasteiger partial charge in [0, 0.05) is 0 Å². The molecule has 0 atom stereocenters. The van der Waals surface area contributed by atoms with E-state index in [-0.39, 0.29) is 0 Å². The van der Waals surface area contributed by atoms with Gasteiger partial charge in [-0.25, -0.2) is 0 Å². The molecule has 3 aliphatic heterocycles. The quantitative estimate of drug-likeness (QED) is 0.704. The highest BCUT2D eigenvalue weighted by Crippen LogP contribution is 2.48. The fourth-order valence-electron chi connectivity index (χ4n) is 4.00. The first kappa shape index (κ1) is 15.0.